The van der Waals surface area contributed by atoms with Gasteiger partial charge in [0.1, 0.15) is 11.2 Å². The molecule has 264 valence electrons. The molecule has 7 aromatic carbocycles. The van der Waals surface area contributed by atoms with E-state index in [-0.39, 0.29) is 0 Å². The van der Waals surface area contributed by atoms with E-state index in [0.717, 1.165) is 76.4 Å². The summed E-state index contributed by atoms with van der Waals surface area (Å²) >= 11 is 1.66. The van der Waals surface area contributed by atoms with E-state index in [9.17, 15) is 0 Å². The summed E-state index contributed by atoms with van der Waals surface area (Å²) in [6, 6.07) is 61.5. The second-order valence-electron chi connectivity index (χ2n) is 13.3. The van der Waals surface area contributed by atoms with Crippen LogP contribution >= 0.6 is 11.8 Å². The molecule has 0 aliphatic heterocycles. The summed E-state index contributed by atoms with van der Waals surface area (Å²) in [5.74, 6) is 2.40. The topological polar surface area (TPSA) is 77.6 Å². The summed E-state index contributed by atoms with van der Waals surface area (Å²) in [4.78, 5) is 27.1. The highest BCUT2D eigenvalue weighted by molar-refractivity contribution is 7.99. The number of hydrogen-bond acceptors (Lipinski definition) is 7. The second kappa shape index (κ2) is 14.5. The van der Waals surface area contributed by atoms with Crippen LogP contribution in [0.15, 0.2) is 202 Å². The Kier molecular flexibility index (Phi) is 8.67. The first-order valence-corrected chi connectivity index (χ1v) is 19.1. The van der Waals surface area contributed by atoms with Crippen molar-refractivity contribution in [2.45, 2.75) is 9.79 Å². The fraction of sp³-hybridized carbons (Fsp3) is 0. The van der Waals surface area contributed by atoms with Gasteiger partial charge >= 0.3 is 0 Å². The fourth-order valence-electron chi connectivity index (χ4n) is 6.93. The van der Waals surface area contributed by atoms with Gasteiger partial charge in [-0.05, 0) is 53.6 Å². The van der Waals surface area contributed by atoms with Crippen LogP contribution in [-0.4, -0.2) is 24.9 Å². The molecular formula is C49H31N5OS. The average Bonchev–Trinajstić information content (AvgIpc) is 3.66. The van der Waals surface area contributed by atoms with E-state index in [1.165, 1.54) is 0 Å². The lowest BCUT2D eigenvalue weighted by Crippen LogP contribution is -2.00. The van der Waals surface area contributed by atoms with Crippen LogP contribution in [0.1, 0.15) is 0 Å². The summed E-state index contributed by atoms with van der Waals surface area (Å²) in [5, 5.41) is 1.91. The second-order valence-corrected chi connectivity index (χ2v) is 14.4. The molecule has 0 spiro atoms. The van der Waals surface area contributed by atoms with Crippen LogP contribution in [0.25, 0.3) is 89.9 Å². The minimum atomic E-state index is 0.585. The summed E-state index contributed by atoms with van der Waals surface area (Å²) in [7, 11) is 0. The lowest BCUT2D eigenvalue weighted by molar-refractivity contribution is 0.669. The van der Waals surface area contributed by atoms with Gasteiger partial charge in [-0.2, -0.15) is 0 Å². The molecule has 0 unspecified atom stereocenters. The third-order valence-corrected chi connectivity index (χ3v) is 10.7. The molecule has 0 bridgehead atoms. The molecule has 56 heavy (non-hydrogen) atoms. The zero-order valence-corrected chi connectivity index (χ0v) is 30.8. The van der Waals surface area contributed by atoms with Crippen molar-refractivity contribution in [3.63, 3.8) is 0 Å². The van der Waals surface area contributed by atoms with Crippen LogP contribution in [0.2, 0.25) is 0 Å². The van der Waals surface area contributed by atoms with Crippen molar-refractivity contribution in [2.75, 3.05) is 0 Å². The van der Waals surface area contributed by atoms with Crippen molar-refractivity contribution < 1.29 is 4.42 Å². The molecule has 10 aromatic rings. The van der Waals surface area contributed by atoms with Gasteiger partial charge in [0, 0.05) is 44.1 Å². The number of benzene rings is 7. The Hall–Kier alpha value is -7.22. The van der Waals surface area contributed by atoms with Gasteiger partial charge in [0.15, 0.2) is 23.3 Å². The third kappa shape index (κ3) is 6.50. The molecule has 10 rings (SSSR count). The van der Waals surface area contributed by atoms with Gasteiger partial charge in [0.2, 0.25) is 0 Å². The molecule has 0 fully saturated rings. The van der Waals surface area contributed by atoms with Gasteiger partial charge < -0.3 is 4.42 Å². The van der Waals surface area contributed by atoms with Gasteiger partial charge in [-0.15, -0.1) is 0 Å². The van der Waals surface area contributed by atoms with Crippen molar-refractivity contribution in [1.82, 2.24) is 24.9 Å². The molecule has 0 radical (unpaired) electrons. The minimum absolute atomic E-state index is 0.585. The van der Waals surface area contributed by atoms with E-state index in [0.29, 0.717) is 23.3 Å². The maximum absolute atomic E-state index is 6.63. The molecule has 0 saturated heterocycles. The molecule has 0 aliphatic rings. The largest absolute Gasteiger partial charge is 0.455 e. The predicted octanol–water partition coefficient (Wildman–Crippen LogP) is 12.7. The van der Waals surface area contributed by atoms with E-state index < -0.39 is 0 Å². The van der Waals surface area contributed by atoms with Gasteiger partial charge in [0.25, 0.3) is 0 Å². The van der Waals surface area contributed by atoms with Crippen molar-refractivity contribution in [2.24, 2.45) is 0 Å². The molecule has 7 heteroatoms. The SMILES string of the molecule is c1ccc(Sc2cnc(-c3cccc4c3oc3ccc(-c5nc(-c6ccccc6)nc(-c6ccccc6)n5)cc34)nc2-c2cccc(-c3ccccc3)c2)cc1. The summed E-state index contributed by atoms with van der Waals surface area (Å²) in [6.07, 6.45) is 1.93. The van der Waals surface area contributed by atoms with Crippen molar-refractivity contribution in [1.29, 1.82) is 0 Å². The number of aromatic nitrogens is 5. The molecule has 0 aliphatic carbocycles. The van der Waals surface area contributed by atoms with Gasteiger partial charge in [-0.1, -0.05) is 151 Å². The molecule has 0 saturated carbocycles. The van der Waals surface area contributed by atoms with E-state index in [2.05, 4.69) is 72.8 Å². The normalized spacial score (nSPS) is 11.3. The highest BCUT2D eigenvalue weighted by atomic mass is 32.2. The monoisotopic (exact) mass is 737 g/mol. The van der Waals surface area contributed by atoms with E-state index >= 15 is 0 Å². The lowest BCUT2D eigenvalue weighted by Gasteiger charge is -2.12. The maximum atomic E-state index is 6.63. The maximum Gasteiger partial charge on any atom is 0.164 e. The lowest BCUT2D eigenvalue weighted by atomic mass is 10.0. The van der Waals surface area contributed by atoms with Crippen LogP contribution in [0.5, 0.6) is 0 Å². The Bertz CT molecular complexity index is 2930. The molecule has 0 atom stereocenters. The predicted molar refractivity (Wildman–Crippen MR) is 226 cm³/mol. The summed E-state index contributed by atoms with van der Waals surface area (Å²) < 4.78 is 6.63. The number of hydrogen-bond donors (Lipinski definition) is 0. The third-order valence-electron chi connectivity index (χ3n) is 9.66. The van der Waals surface area contributed by atoms with E-state index in [1.54, 1.807) is 11.8 Å². The van der Waals surface area contributed by atoms with Crippen molar-refractivity contribution in [3.05, 3.63) is 188 Å². The van der Waals surface area contributed by atoms with Crippen LogP contribution in [-0.2, 0) is 0 Å². The van der Waals surface area contributed by atoms with Gasteiger partial charge in [-0.3, -0.25) is 0 Å². The minimum Gasteiger partial charge on any atom is -0.455 e. The van der Waals surface area contributed by atoms with E-state index in [1.807, 2.05) is 115 Å². The van der Waals surface area contributed by atoms with Crippen LogP contribution < -0.4 is 0 Å². The Morgan fingerprint density at radius 3 is 1.64 bits per heavy atom. The smallest absolute Gasteiger partial charge is 0.164 e. The highest BCUT2D eigenvalue weighted by Gasteiger charge is 2.19. The first-order chi connectivity index (χ1) is 27.7. The molecule has 0 N–H and O–H groups in total. The number of nitrogens with zero attached hydrogens (tertiary/aromatic N) is 5. The average molecular weight is 738 g/mol. The van der Waals surface area contributed by atoms with Crippen molar-refractivity contribution >= 4 is 33.7 Å². The Balaban J connectivity index is 1.09. The first kappa shape index (κ1) is 33.4. The quantitative estimate of drug-likeness (QED) is 0.154. The molecule has 3 aromatic heterocycles. The van der Waals surface area contributed by atoms with Crippen molar-refractivity contribution in [3.8, 4) is 67.9 Å². The Morgan fingerprint density at radius 1 is 0.393 bits per heavy atom. The molecule has 6 nitrogen and oxygen atoms in total. The zero-order valence-electron chi connectivity index (χ0n) is 30.0. The zero-order chi connectivity index (χ0) is 37.3. The number of fused-ring (bicyclic) bond motifs is 3. The fourth-order valence-corrected chi connectivity index (χ4v) is 7.84. The molecular weight excluding hydrogens is 707 g/mol. The number of para-hydroxylation sites is 1. The molecule has 0 amide bonds. The van der Waals surface area contributed by atoms with E-state index in [4.69, 9.17) is 29.3 Å². The van der Waals surface area contributed by atoms with Gasteiger partial charge in [-0.25, -0.2) is 24.9 Å². The molecule has 3 heterocycles. The summed E-state index contributed by atoms with van der Waals surface area (Å²) in [5.41, 5.74) is 9.14. The summed E-state index contributed by atoms with van der Waals surface area (Å²) in [6.45, 7) is 0. The highest BCUT2D eigenvalue weighted by Crippen LogP contribution is 2.40. The first-order valence-electron chi connectivity index (χ1n) is 18.3. The number of rotatable bonds is 8. The Labute approximate surface area is 327 Å². The number of furan rings is 1. The van der Waals surface area contributed by atoms with Crippen LogP contribution in [0, 0.1) is 0 Å². The van der Waals surface area contributed by atoms with Crippen LogP contribution in [0.4, 0.5) is 0 Å². The standard InChI is InChI=1S/C49H31N5OS/c1-5-15-32(16-6-1)35-21-13-22-36(29-35)44-43(56-38-23-11-4-12-24-38)31-50-49(51-44)40-26-14-25-39-41-30-37(27-28-42(41)55-45(39)40)48-53-46(33-17-7-2-8-18-33)52-47(54-48)34-19-9-3-10-20-34/h1-31H. The Morgan fingerprint density at radius 2 is 0.964 bits per heavy atom. The van der Waals surface area contributed by atoms with Crippen LogP contribution in [0.3, 0.4) is 0 Å². The van der Waals surface area contributed by atoms with Gasteiger partial charge in [0.05, 0.1) is 16.2 Å².